The Bertz CT molecular complexity index is 1730. The average molecular weight is 743 g/mol. The minimum Gasteiger partial charge on any atom is -0.292 e. The Hall–Kier alpha value is -3.24. The lowest BCUT2D eigenvalue weighted by atomic mass is 10.2. The molecule has 0 unspecified atom stereocenters. The molecule has 0 radical (unpaired) electrons. The number of carbonyl (C=O) groups excluding carboxylic acids is 4. The number of rotatable bonds is 12. The van der Waals surface area contributed by atoms with Gasteiger partial charge in [0.15, 0.2) is 0 Å². The summed E-state index contributed by atoms with van der Waals surface area (Å²) < 4.78 is 49.7. The molecule has 2 aromatic rings. The largest absolute Gasteiger partial charge is 0.292 e. The Morgan fingerprint density at radius 3 is 1.30 bits per heavy atom. The first-order valence-electron chi connectivity index (χ1n) is 13.2. The molecule has 4 N–H and O–H groups in total. The van der Waals surface area contributed by atoms with Crippen molar-refractivity contribution >= 4 is 100 Å². The van der Waals surface area contributed by atoms with Crippen LogP contribution in [0, 0.1) is 13.8 Å². The summed E-state index contributed by atoms with van der Waals surface area (Å²) in [5.41, 5.74) is 5.91. The van der Waals surface area contributed by atoms with Gasteiger partial charge in [0.05, 0.1) is 19.6 Å². The van der Waals surface area contributed by atoms with Crippen molar-refractivity contribution in [3.8, 4) is 0 Å². The van der Waals surface area contributed by atoms with Gasteiger partial charge in [0.2, 0.25) is 11.8 Å². The van der Waals surface area contributed by atoms with Gasteiger partial charge in [0, 0.05) is 25.9 Å². The van der Waals surface area contributed by atoms with E-state index in [4.69, 9.17) is 24.4 Å². The quantitative estimate of drug-likeness (QED) is 0.139. The van der Waals surface area contributed by atoms with Crippen LogP contribution < -0.4 is 20.5 Å². The lowest BCUT2D eigenvalue weighted by Gasteiger charge is -2.15. The van der Waals surface area contributed by atoms with Gasteiger partial charge in [0.25, 0.3) is 31.9 Å². The molecule has 20 heteroatoms. The van der Waals surface area contributed by atoms with Crippen molar-refractivity contribution in [3.63, 3.8) is 0 Å². The maximum atomic E-state index is 13.1. The summed E-state index contributed by atoms with van der Waals surface area (Å²) in [5, 5.41) is 0. The molecule has 4 amide bonds. The van der Waals surface area contributed by atoms with Crippen molar-refractivity contribution in [2.24, 2.45) is 0 Å². The third-order valence-corrected chi connectivity index (χ3v) is 11.9. The summed E-state index contributed by atoms with van der Waals surface area (Å²) in [6, 6.07) is 12.0. The number of sulfonamides is 2. The third kappa shape index (κ3) is 8.56. The second kappa shape index (κ2) is 14.7. The number of amides is 4. The van der Waals surface area contributed by atoms with E-state index in [2.05, 4.69) is 10.9 Å². The zero-order valence-corrected chi connectivity index (χ0v) is 29.0. The molecule has 0 atom stereocenters. The highest BCUT2D eigenvalue weighted by Gasteiger charge is 2.42. The molecule has 2 aromatic carbocycles. The van der Waals surface area contributed by atoms with Crippen LogP contribution in [0.5, 0.6) is 0 Å². The Kier molecular flexibility index (Phi) is 11.4. The molecule has 2 saturated heterocycles. The van der Waals surface area contributed by atoms with Crippen molar-refractivity contribution in [3.05, 3.63) is 69.5 Å². The SMILES string of the molecule is Cc1ccc(S(=O)(=O)NNC(=O)CCN2C(=O)/C(=C3\SC(=S)N(CCC(=O)NNS(=O)(=O)c4ccc(C)cc4)C3=O)SC2=S)cc1. The molecule has 2 fully saturated rings. The molecule has 0 aromatic heterocycles. The lowest BCUT2D eigenvalue weighted by Crippen LogP contribution is -2.43. The highest BCUT2D eigenvalue weighted by Crippen LogP contribution is 2.42. The molecular weight excluding hydrogens is 717 g/mol. The zero-order valence-electron chi connectivity index (χ0n) is 24.1. The van der Waals surface area contributed by atoms with Gasteiger partial charge >= 0.3 is 0 Å². The van der Waals surface area contributed by atoms with E-state index < -0.39 is 43.7 Å². The smallest absolute Gasteiger partial charge is 0.267 e. The van der Waals surface area contributed by atoms with E-state index in [0.717, 1.165) is 44.5 Å². The molecule has 0 spiro atoms. The van der Waals surface area contributed by atoms with Crippen LogP contribution in [0.15, 0.2) is 68.1 Å². The fourth-order valence-electron chi connectivity index (χ4n) is 3.81. The molecule has 46 heavy (non-hydrogen) atoms. The fraction of sp³-hybridized carbons (Fsp3) is 0.231. The molecule has 2 aliphatic rings. The number of hydrogen-bond acceptors (Lipinski definition) is 12. The average Bonchev–Trinajstić information content (AvgIpc) is 3.45. The summed E-state index contributed by atoms with van der Waals surface area (Å²) in [5.74, 6) is -2.72. The van der Waals surface area contributed by atoms with Crippen molar-refractivity contribution in [2.45, 2.75) is 36.5 Å². The Morgan fingerprint density at radius 2 is 0.978 bits per heavy atom. The van der Waals surface area contributed by atoms with Crippen LogP contribution in [0.2, 0.25) is 0 Å². The first-order valence-corrected chi connectivity index (χ1v) is 18.6. The summed E-state index contributed by atoms with van der Waals surface area (Å²) in [6.45, 7) is 3.22. The number of hydrazine groups is 2. The number of thiocarbonyl (C=S) groups is 2. The van der Waals surface area contributed by atoms with E-state index >= 15 is 0 Å². The van der Waals surface area contributed by atoms with Gasteiger partial charge in [-0.05, 0) is 38.1 Å². The number of carbonyl (C=O) groups is 4. The van der Waals surface area contributed by atoms with Crippen molar-refractivity contribution in [1.29, 1.82) is 0 Å². The number of hydrogen-bond donors (Lipinski definition) is 4. The molecule has 0 saturated carbocycles. The highest BCUT2D eigenvalue weighted by atomic mass is 32.2. The Labute approximate surface area is 284 Å². The standard InChI is InChI=1S/C26H26N6O8S6/c1-15-3-7-17(8-4-15)45(37,38)29-27-19(33)11-13-31-23(35)21(43-25(31)41)22-24(36)32(26(42)44-22)14-12-20(34)28-30-46(39,40)18-9-5-16(2)6-10-18/h3-10,29-30H,11-14H2,1-2H3,(H,27,33)(H,28,34)/b22-21+. The van der Waals surface area contributed by atoms with Gasteiger partial charge in [-0.3, -0.25) is 39.8 Å². The predicted octanol–water partition coefficient (Wildman–Crippen LogP) is 1.34. The summed E-state index contributed by atoms with van der Waals surface area (Å²) in [6.07, 6.45) is -0.611. The maximum Gasteiger partial charge on any atom is 0.267 e. The van der Waals surface area contributed by atoms with Gasteiger partial charge in [0.1, 0.15) is 8.64 Å². The van der Waals surface area contributed by atoms with Crippen LogP contribution in [0.25, 0.3) is 0 Å². The summed E-state index contributed by atoms with van der Waals surface area (Å²) in [4.78, 5) is 57.1. The minimum atomic E-state index is -4.01. The van der Waals surface area contributed by atoms with Gasteiger partial charge in [-0.25, -0.2) is 16.8 Å². The van der Waals surface area contributed by atoms with Crippen molar-refractivity contribution in [1.82, 2.24) is 30.3 Å². The molecule has 0 bridgehead atoms. The van der Waals surface area contributed by atoms with Gasteiger partial charge in [-0.15, -0.1) is 9.66 Å². The molecule has 14 nitrogen and oxygen atoms in total. The first kappa shape index (κ1) is 35.6. The molecular formula is C26H26N6O8S6. The van der Waals surface area contributed by atoms with E-state index in [1.54, 1.807) is 38.1 Å². The van der Waals surface area contributed by atoms with E-state index in [9.17, 15) is 36.0 Å². The Morgan fingerprint density at radius 1 is 0.652 bits per heavy atom. The van der Waals surface area contributed by atoms with Crippen LogP contribution in [0.1, 0.15) is 24.0 Å². The van der Waals surface area contributed by atoms with E-state index in [1.165, 1.54) is 24.3 Å². The van der Waals surface area contributed by atoms with E-state index in [1.807, 2.05) is 9.66 Å². The van der Waals surface area contributed by atoms with Crippen LogP contribution in [0.3, 0.4) is 0 Å². The van der Waals surface area contributed by atoms with Gasteiger partial charge in [-0.1, -0.05) is 83.4 Å². The van der Waals surface area contributed by atoms with Crippen LogP contribution in [-0.2, 0) is 39.2 Å². The number of thioether (sulfide) groups is 2. The number of nitrogens with one attached hydrogen (secondary N) is 4. The van der Waals surface area contributed by atoms with E-state index in [0.29, 0.717) is 0 Å². The molecule has 2 heterocycles. The van der Waals surface area contributed by atoms with Crippen molar-refractivity contribution in [2.75, 3.05) is 13.1 Å². The van der Waals surface area contributed by atoms with Crippen LogP contribution in [-0.4, -0.2) is 72.0 Å². The van der Waals surface area contributed by atoms with Crippen molar-refractivity contribution < 1.29 is 36.0 Å². The first-order chi connectivity index (χ1) is 21.6. The molecule has 2 aliphatic heterocycles. The topological polar surface area (TPSA) is 191 Å². The van der Waals surface area contributed by atoms with Crippen LogP contribution >= 0.6 is 48.0 Å². The maximum absolute atomic E-state index is 13.1. The monoisotopic (exact) mass is 742 g/mol. The third-order valence-electron chi connectivity index (χ3n) is 6.34. The predicted molar refractivity (Wildman–Crippen MR) is 179 cm³/mol. The van der Waals surface area contributed by atoms with Gasteiger partial charge < -0.3 is 0 Å². The normalized spacial score (nSPS) is 17.2. The zero-order chi connectivity index (χ0) is 33.8. The minimum absolute atomic E-state index is 0.000594. The molecule has 4 rings (SSSR count). The second-order valence-electron chi connectivity index (χ2n) is 9.74. The second-order valence-corrected chi connectivity index (χ2v) is 16.4. The van der Waals surface area contributed by atoms with Gasteiger partial charge in [-0.2, -0.15) is 0 Å². The summed E-state index contributed by atoms with van der Waals surface area (Å²) in [7, 11) is -8.03. The molecule has 244 valence electrons. The number of benzene rings is 2. The number of nitrogens with zero attached hydrogens (tertiary/aromatic N) is 2. The Balaban J connectivity index is 1.29. The fourth-order valence-corrected chi connectivity index (χ4v) is 8.30. The highest BCUT2D eigenvalue weighted by molar-refractivity contribution is 8.29. The van der Waals surface area contributed by atoms with E-state index in [-0.39, 0.29) is 54.2 Å². The molecule has 0 aliphatic carbocycles. The summed E-state index contributed by atoms with van der Waals surface area (Å²) >= 11 is 12.3. The van der Waals surface area contributed by atoms with Crippen LogP contribution in [0.4, 0.5) is 0 Å². The number of aryl methyl sites for hydroxylation is 2. The lowest BCUT2D eigenvalue weighted by molar-refractivity contribution is -0.126.